The van der Waals surface area contributed by atoms with Gasteiger partial charge in [0.2, 0.25) is 0 Å². The standard InChI is InChI=1S/C8H20N2S/c1-8(2,11)7(9(3)4)10(5)6/h7,11H,1-6H3. The lowest BCUT2D eigenvalue weighted by molar-refractivity contribution is 0.101. The van der Waals surface area contributed by atoms with E-state index in [-0.39, 0.29) is 4.75 Å². The van der Waals surface area contributed by atoms with Crippen molar-refractivity contribution in [3.63, 3.8) is 0 Å². The maximum absolute atomic E-state index is 4.55. The van der Waals surface area contributed by atoms with Crippen molar-refractivity contribution in [2.75, 3.05) is 28.2 Å². The number of rotatable bonds is 3. The van der Waals surface area contributed by atoms with Crippen molar-refractivity contribution >= 4 is 12.6 Å². The average molecular weight is 176 g/mol. The Kier molecular flexibility index (Phi) is 3.88. The lowest BCUT2D eigenvalue weighted by atomic mass is 10.1. The van der Waals surface area contributed by atoms with Crippen LogP contribution in [0.5, 0.6) is 0 Å². The van der Waals surface area contributed by atoms with Gasteiger partial charge in [-0.2, -0.15) is 12.6 Å². The van der Waals surface area contributed by atoms with Crippen LogP contribution in [0.4, 0.5) is 0 Å². The summed E-state index contributed by atoms with van der Waals surface area (Å²) in [5, 5.41) is 0. The lowest BCUT2D eigenvalue weighted by Gasteiger charge is -2.39. The van der Waals surface area contributed by atoms with Crippen LogP contribution in [0.1, 0.15) is 13.8 Å². The molecule has 0 aliphatic rings. The second kappa shape index (κ2) is 3.78. The largest absolute Gasteiger partial charge is 0.293 e. The van der Waals surface area contributed by atoms with Gasteiger partial charge in [0, 0.05) is 4.75 Å². The normalized spacial score (nSPS) is 13.6. The Hall–Kier alpha value is 0.270. The molecule has 0 aromatic rings. The zero-order chi connectivity index (χ0) is 9.23. The summed E-state index contributed by atoms with van der Waals surface area (Å²) >= 11 is 4.55. The SMILES string of the molecule is CN(C)C(N(C)C)C(C)(C)S. The summed E-state index contributed by atoms with van der Waals surface area (Å²) < 4.78 is 0.00694. The zero-order valence-electron chi connectivity index (χ0n) is 8.42. The highest BCUT2D eigenvalue weighted by Crippen LogP contribution is 2.22. The summed E-state index contributed by atoms with van der Waals surface area (Å²) in [6, 6.07) is 0. The molecule has 0 atom stereocenters. The van der Waals surface area contributed by atoms with Crippen molar-refractivity contribution in [3.8, 4) is 0 Å². The molecule has 0 saturated carbocycles. The van der Waals surface area contributed by atoms with Crippen LogP contribution in [-0.2, 0) is 0 Å². The molecular formula is C8H20N2S. The van der Waals surface area contributed by atoms with E-state index in [0.29, 0.717) is 6.17 Å². The highest BCUT2D eigenvalue weighted by molar-refractivity contribution is 7.81. The molecule has 11 heavy (non-hydrogen) atoms. The molecule has 3 heteroatoms. The highest BCUT2D eigenvalue weighted by Gasteiger charge is 2.28. The predicted molar refractivity (Wildman–Crippen MR) is 54.2 cm³/mol. The third kappa shape index (κ3) is 3.45. The molecule has 0 aliphatic carbocycles. The first kappa shape index (κ1) is 11.3. The monoisotopic (exact) mass is 176 g/mol. The van der Waals surface area contributed by atoms with Crippen LogP contribution in [0.3, 0.4) is 0 Å². The maximum Gasteiger partial charge on any atom is 0.0755 e. The van der Waals surface area contributed by atoms with Crippen molar-refractivity contribution in [2.24, 2.45) is 0 Å². The molecule has 0 aromatic heterocycles. The van der Waals surface area contributed by atoms with Gasteiger partial charge >= 0.3 is 0 Å². The number of hydrogen-bond donors (Lipinski definition) is 1. The van der Waals surface area contributed by atoms with E-state index < -0.39 is 0 Å². The molecule has 0 radical (unpaired) electrons. The van der Waals surface area contributed by atoms with E-state index in [1.54, 1.807) is 0 Å². The summed E-state index contributed by atoms with van der Waals surface area (Å²) in [6.07, 6.45) is 0.367. The first-order valence-corrected chi connectivity index (χ1v) is 4.26. The van der Waals surface area contributed by atoms with Crippen LogP contribution in [0.25, 0.3) is 0 Å². The Bertz CT molecular complexity index is 108. The third-order valence-electron chi connectivity index (χ3n) is 1.61. The Morgan fingerprint density at radius 1 is 1.00 bits per heavy atom. The van der Waals surface area contributed by atoms with Gasteiger partial charge in [0.15, 0.2) is 0 Å². The fraction of sp³-hybridized carbons (Fsp3) is 1.00. The van der Waals surface area contributed by atoms with Gasteiger partial charge in [0.25, 0.3) is 0 Å². The van der Waals surface area contributed by atoms with Crippen LogP contribution in [0, 0.1) is 0 Å². The summed E-state index contributed by atoms with van der Waals surface area (Å²) in [4.78, 5) is 4.35. The average Bonchev–Trinajstić information content (AvgIpc) is 1.54. The fourth-order valence-corrected chi connectivity index (χ4v) is 2.19. The molecule has 0 rings (SSSR count). The number of hydrogen-bond acceptors (Lipinski definition) is 3. The van der Waals surface area contributed by atoms with Gasteiger partial charge < -0.3 is 0 Å². The summed E-state index contributed by atoms with van der Waals surface area (Å²) in [5.74, 6) is 0. The molecular weight excluding hydrogens is 156 g/mol. The smallest absolute Gasteiger partial charge is 0.0755 e. The van der Waals surface area contributed by atoms with Gasteiger partial charge in [0.05, 0.1) is 6.17 Å². The summed E-state index contributed by atoms with van der Waals surface area (Å²) in [5.41, 5.74) is 0. The Balaban J connectivity index is 4.35. The van der Waals surface area contributed by atoms with Crippen molar-refractivity contribution in [1.29, 1.82) is 0 Å². The van der Waals surface area contributed by atoms with Gasteiger partial charge in [-0.1, -0.05) is 0 Å². The maximum atomic E-state index is 4.55. The zero-order valence-corrected chi connectivity index (χ0v) is 9.31. The van der Waals surface area contributed by atoms with E-state index in [0.717, 1.165) is 0 Å². The molecule has 0 aliphatic heterocycles. The van der Waals surface area contributed by atoms with E-state index in [1.165, 1.54) is 0 Å². The molecule has 0 amide bonds. The van der Waals surface area contributed by atoms with Crippen molar-refractivity contribution in [3.05, 3.63) is 0 Å². The molecule has 0 fully saturated rings. The highest BCUT2D eigenvalue weighted by atomic mass is 32.1. The second-order valence-electron chi connectivity index (χ2n) is 3.95. The lowest BCUT2D eigenvalue weighted by Crippen LogP contribution is -2.51. The Morgan fingerprint density at radius 3 is 1.27 bits per heavy atom. The fourth-order valence-electron chi connectivity index (χ4n) is 1.73. The van der Waals surface area contributed by atoms with Gasteiger partial charge in [-0.3, -0.25) is 9.80 Å². The van der Waals surface area contributed by atoms with Crippen LogP contribution in [-0.4, -0.2) is 48.9 Å². The number of nitrogens with zero attached hydrogens (tertiary/aromatic N) is 2. The summed E-state index contributed by atoms with van der Waals surface area (Å²) in [7, 11) is 8.29. The van der Waals surface area contributed by atoms with Crippen molar-refractivity contribution < 1.29 is 0 Å². The van der Waals surface area contributed by atoms with Gasteiger partial charge in [-0.05, 0) is 42.0 Å². The van der Waals surface area contributed by atoms with Crippen LogP contribution in [0.15, 0.2) is 0 Å². The van der Waals surface area contributed by atoms with Gasteiger partial charge in [-0.15, -0.1) is 0 Å². The minimum Gasteiger partial charge on any atom is -0.293 e. The topological polar surface area (TPSA) is 6.48 Å². The van der Waals surface area contributed by atoms with E-state index >= 15 is 0 Å². The Labute approximate surface area is 76.0 Å². The van der Waals surface area contributed by atoms with E-state index in [2.05, 4.69) is 64.5 Å². The quantitative estimate of drug-likeness (QED) is 0.509. The van der Waals surface area contributed by atoms with Crippen molar-refractivity contribution in [1.82, 2.24) is 9.80 Å². The third-order valence-corrected chi connectivity index (χ3v) is 1.84. The minimum absolute atomic E-state index is 0.00694. The molecule has 68 valence electrons. The minimum atomic E-state index is 0.00694. The first-order valence-electron chi connectivity index (χ1n) is 3.82. The van der Waals surface area contributed by atoms with Gasteiger partial charge in [0.1, 0.15) is 0 Å². The number of thiol groups is 1. The van der Waals surface area contributed by atoms with Crippen LogP contribution < -0.4 is 0 Å². The molecule has 0 unspecified atom stereocenters. The molecule has 0 bridgehead atoms. The van der Waals surface area contributed by atoms with Crippen LogP contribution in [0.2, 0.25) is 0 Å². The molecule has 0 N–H and O–H groups in total. The molecule has 2 nitrogen and oxygen atoms in total. The van der Waals surface area contributed by atoms with E-state index in [1.807, 2.05) is 0 Å². The first-order chi connectivity index (χ1) is 4.76. The van der Waals surface area contributed by atoms with E-state index in [9.17, 15) is 0 Å². The van der Waals surface area contributed by atoms with Crippen molar-refractivity contribution in [2.45, 2.75) is 24.8 Å². The van der Waals surface area contributed by atoms with Gasteiger partial charge in [-0.25, -0.2) is 0 Å². The molecule has 0 saturated heterocycles. The summed E-state index contributed by atoms with van der Waals surface area (Å²) in [6.45, 7) is 4.25. The molecule has 0 spiro atoms. The Morgan fingerprint density at radius 2 is 1.27 bits per heavy atom. The van der Waals surface area contributed by atoms with Crippen LogP contribution >= 0.6 is 12.6 Å². The predicted octanol–water partition coefficient (Wildman–Crippen LogP) is 1.14. The molecule has 0 aromatic carbocycles. The van der Waals surface area contributed by atoms with E-state index in [4.69, 9.17) is 0 Å². The molecule has 0 heterocycles. The second-order valence-corrected chi connectivity index (χ2v) is 5.11.